The molecule has 1 N–H and O–H groups in total. The summed E-state index contributed by atoms with van der Waals surface area (Å²) in [5.41, 5.74) is 3.24. The number of methoxy groups -OCH3 is 1. The van der Waals surface area contributed by atoms with E-state index in [0.29, 0.717) is 6.42 Å². The number of hydrogen-bond donors (Lipinski definition) is 1. The monoisotopic (exact) mass is 341 g/mol. The highest BCUT2D eigenvalue weighted by molar-refractivity contribution is 5.79. The summed E-state index contributed by atoms with van der Waals surface area (Å²) in [6.07, 6.45) is 0.685. The van der Waals surface area contributed by atoms with Gasteiger partial charge in [0, 0.05) is 13.0 Å². The van der Waals surface area contributed by atoms with E-state index in [4.69, 9.17) is 4.74 Å². The molecule has 2 aromatic carbocycles. The molecule has 0 bridgehead atoms. The standard InChI is InChI=1S/C21H27NO3/c1-15-5-7-17(8-6-15)13-16(2)21(24)22(3)20(14-23)18-9-11-19(25-4)12-10-18/h5-12,16,20,23H,13-14H2,1-4H3. The Labute approximate surface area is 150 Å². The van der Waals surface area contributed by atoms with Crippen molar-refractivity contribution in [2.45, 2.75) is 26.3 Å². The summed E-state index contributed by atoms with van der Waals surface area (Å²) in [5, 5.41) is 9.80. The van der Waals surface area contributed by atoms with Crippen molar-refractivity contribution in [3.8, 4) is 5.75 Å². The van der Waals surface area contributed by atoms with Gasteiger partial charge >= 0.3 is 0 Å². The van der Waals surface area contributed by atoms with Gasteiger partial charge in [0.05, 0.1) is 19.8 Å². The molecule has 0 saturated carbocycles. The fourth-order valence-corrected chi connectivity index (χ4v) is 2.94. The third-order valence-electron chi connectivity index (χ3n) is 4.57. The Hall–Kier alpha value is -2.33. The molecule has 2 aromatic rings. The van der Waals surface area contributed by atoms with Gasteiger partial charge < -0.3 is 14.7 Å². The molecule has 0 radical (unpaired) electrons. The Balaban J connectivity index is 2.08. The lowest BCUT2D eigenvalue weighted by Crippen LogP contribution is -2.37. The molecule has 0 aliphatic rings. The second kappa shape index (κ2) is 8.67. The third-order valence-corrected chi connectivity index (χ3v) is 4.57. The first-order valence-electron chi connectivity index (χ1n) is 8.53. The van der Waals surface area contributed by atoms with Crippen molar-refractivity contribution in [1.29, 1.82) is 0 Å². The Morgan fingerprint density at radius 3 is 2.24 bits per heavy atom. The topological polar surface area (TPSA) is 49.8 Å². The van der Waals surface area contributed by atoms with Crippen molar-refractivity contribution in [3.63, 3.8) is 0 Å². The number of hydrogen-bond acceptors (Lipinski definition) is 3. The predicted octanol–water partition coefficient (Wildman–Crippen LogP) is 3.37. The first kappa shape index (κ1) is 19.0. The van der Waals surface area contributed by atoms with Crippen molar-refractivity contribution < 1.29 is 14.6 Å². The van der Waals surface area contributed by atoms with Gasteiger partial charge in [0.2, 0.25) is 5.91 Å². The van der Waals surface area contributed by atoms with E-state index < -0.39 is 0 Å². The normalized spacial score (nSPS) is 13.2. The van der Waals surface area contributed by atoms with Crippen LogP contribution in [-0.4, -0.2) is 36.7 Å². The number of aliphatic hydroxyl groups excluding tert-OH is 1. The highest BCUT2D eigenvalue weighted by Gasteiger charge is 2.25. The second-order valence-corrected chi connectivity index (χ2v) is 6.51. The highest BCUT2D eigenvalue weighted by Crippen LogP contribution is 2.24. The molecular formula is C21H27NO3. The molecule has 0 aromatic heterocycles. The van der Waals surface area contributed by atoms with Gasteiger partial charge in [0.1, 0.15) is 5.75 Å². The number of benzene rings is 2. The molecule has 0 aliphatic heterocycles. The lowest BCUT2D eigenvalue weighted by Gasteiger charge is -2.29. The predicted molar refractivity (Wildman–Crippen MR) is 99.6 cm³/mol. The number of ether oxygens (including phenoxy) is 1. The van der Waals surface area contributed by atoms with Crippen molar-refractivity contribution in [2.24, 2.45) is 5.92 Å². The van der Waals surface area contributed by atoms with Gasteiger partial charge in [-0.15, -0.1) is 0 Å². The van der Waals surface area contributed by atoms with Crippen LogP contribution < -0.4 is 4.74 Å². The molecule has 2 rings (SSSR count). The minimum Gasteiger partial charge on any atom is -0.497 e. The van der Waals surface area contributed by atoms with Gasteiger partial charge in [-0.3, -0.25) is 4.79 Å². The molecule has 25 heavy (non-hydrogen) atoms. The van der Waals surface area contributed by atoms with Crippen LogP contribution in [0.25, 0.3) is 0 Å². The third kappa shape index (κ3) is 4.83. The smallest absolute Gasteiger partial charge is 0.226 e. The van der Waals surface area contributed by atoms with Crippen LogP contribution in [0.5, 0.6) is 5.75 Å². The SMILES string of the molecule is COc1ccc(C(CO)N(C)C(=O)C(C)Cc2ccc(C)cc2)cc1. The van der Waals surface area contributed by atoms with Gasteiger partial charge in [0.15, 0.2) is 0 Å². The molecule has 134 valence electrons. The maximum Gasteiger partial charge on any atom is 0.226 e. The summed E-state index contributed by atoms with van der Waals surface area (Å²) in [6.45, 7) is 3.86. The Bertz CT molecular complexity index is 679. The number of rotatable bonds is 7. The van der Waals surface area contributed by atoms with Crippen LogP contribution in [0, 0.1) is 12.8 Å². The largest absolute Gasteiger partial charge is 0.497 e. The van der Waals surface area contributed by atoms with Crippen LogP contribution in [0.2, 0.25) is 0 Å². The number of aliphatic hydroxyl groups is 1. The van der Waals surface area contributed by atoms with E-state index in [9.17, 15) is 9.90 Å². The Kier molecular flexibility index (Phi) is 6.59. The van der Waals surface area contributed by atoms with Crippen LogP contribution in [0.1, 0.15) is 29.7 Å². The van der Waals surface area contributed by atoms with Crippen molar-refractivity contribution in [1.82, 2.24) is 4.90 Å². The Morgan fingerprint density at radius 2 is 1.72 bits per heavy atom. The van der Waals surface area contributed by atoms with E-state index in [0.717, 1.165) is 16.9 Å². The van der Waals surface area contributed by atoms with E-state index in [1.54, 1.807) is 19.1 Å². The summed E-state index contributed by atoms with van der Waals surface area (Å²) < 4.78 is 5.16. The Morgan fingerprint density at radius 1 is 1.12 bits per heavy atom. The average molecular weight is 341 g/mol. The van der Waals surface area contributed by atoms with E-state index in [1.165, 1.54) is 5.56 Å². The summed E-state index contributed by atoms with van der Waals surface area (Å²) in [5.74, 6) is 0.623. The first-order chi connectivity index (χ1) is 12.0. The van der Waals surface area contributed by atoms with Gasteiger partial charge in [-0.2, -0.15) is 0 Å². The van der Waals surface area contributed by atoms with E-state index in [-0.39, 0.29) is 24.5 Å². The van der Waals surface area contributed by atoms with Gasteiger partial charge in [-0.1, -0.05) is 48.9 Å². The van der Waals surface area contributed by atoms with Gasteiger partial charge in [0.25, 0.3) is 0 Å². The minimum atomic E-state index is -0.362. The number of nitrogens with zero attached hydrogens (tertiary/aromatic N) is 1. The first-order valence-corrected chi connectivity index (χ1v) is 8.53. The van der Waals surface area contributed by atoms with Crippen molar-refractivity contribution >= 4 is 5.91 Å². The van der Waals surface area contributed by atoms with E-state index in [1.807, 2.05) is 38.1 Å². The molecular weight excluding hydrogens is 314 g/mol. The van der Waals surface area contributed by atoms with Crippen LogP contribution in [0.4, 0.5) is 0 Å². The minimum absolute atomic E-state index is 0.0236. The molecule has 2 atom stereocenters. The number of carbonyl (C=O) groups excluding carboxylic acids is 1. The van der Waals surface area contributed by atoms with Crippen molar-refractivity contribution in [3.05, 3.63) is 65.2 Å². The lowest BCUT2D eigenvalue weighted by molar-refractivity contribution is -0.136. The summed E-state index contributed by atoms with van der Waals surface area (Å²) in [7, 11) is 3.36. The molecule has 0 heterocycles. The van der Waals surface area contributed by atoms with Gasteiger partial charge in [-0.05, 0) is 36.6 Å². The zero-order valence-corrected chi connectivity index (χ0v) is 15.4. The summed E-state index contributed by atoms with van der Waals surface area (Å²) >= 11 is 0. The van der Waals surface area contributed by atoms with Crippen molar-refractivity contribution in [2.75, 3.05) is 20.8 Å². The molecule has 4 nitrogen and oxygen atoms in total. The maximum atomic E-state index is 12.8. The average Bonchev–Trinajstić information content (AvgIpc) is 2.64. The van der Waals surface area contributed by atoms with E-state index >= 15 is 0 Å². The number of likely N-dealkylation sites (N-methyl/N-ethyl adjacent to an activating group) is 1. The molecule has 0 spiro atoms. The lowest BCUT2D eigenvalue weighted by atomic mass is 9.97. The highest BCUT2D eigenvalue weighted by atomic mass is 16.5. The van der Waals surface area contributed by atoms with E-state index in [2.05, 4.69) is 24.3 Å². The maximum absolute atomic E-state index is 12.8. The zero-order chi connectivity index (χ0) is 18.4. The zero-order valence-electron chi connectivity index (χ0n) is 15.4. The molecule has 0 aliphatic carbocycles. The number of aryl methyl sites for hydroxylation is 1. The number of amides is 1. The molecule has 0 saturated heterocycles. The molecule has 4 heteroatoms. The summed E-state index contributed by atoms with van der Waals surface area (Å²) in [4.78, 5) is 14.4. The van der Waals surface area contributed by atoms with Crippen LogP contribution >= 0.6 is 0 Å². The molecule has 2 unspecified atom stereocenters. The van der Waals surface area contributed by atoms with Gasteiger partial charge in [-0.25, -0.2) is 0 Å². The number of carbonyl (C=O) groups is 1. The van der Waals surface area contributed by atoms with Crippen LogP contribution in [0.3, 0.4) is 0 Å². The molecule has 1 amide bonds. The fraction of sp³-hybridized carbons (Fsp3) is 0.381. The quantitative estimate of drug-likeness (QED) is 0.840. The van der Waals surface area contributed by atoms with Crippen LogP contribution in [0.15, 0.2) is 48.5 Å². The second-order valence-electron chi connectivity index (χ2n) is 6.51. The fourth-order valence-electron chi connectivity index (χ4n) is 2.94. The van der Waals surface area contributed by atoms with Crippen LogP contribution in [-0.2, 0) is 11.2 Å². The molecule has 0 fully saturated rings. The summed E-state index contributed by atoms with van der Waals surface area (Å²) in [6, 6.07) is 15.3.